The summed E-state index contributed by atoms with van der Waals surface area (Å²) in [4.78, 5) is 30.4. The van der Waals surface area contributed by atoms with E-state index in [-0.39, 0.29) is 11.2 Å². The summed E-state index contributed by atoms with van der Waals surface area (Å²) in [5, 5.41) is 0. The van der Waals surface area contributed by atoms with E-state index < -0.39 is 12.1 Å². The molecule has 0 spiro atoms. The monoisotopic (exact) mass is 318 g/mol. The number of hydrazine groups is 4. The van der Waals surface area contributed by atoms with Crippen molar-refractivity contribution in [3.05, 3.63) is 11.6 Å². The lowest BCUT2D eigenvalue weighted by atomic mass is 9.77. The van der Waals surface area contributed by atoms with Crippen LogP contribution in [0.2, 0.25) is 0 Å². The first-order chi connectivity index (χ1) is 10.1. The third-order valence-corrected chi connectivity index (χ3v) is 2.34. The van der Waals surface area contributed by atoms with E-state index in [0.717, 1.165) is 6.42 Å². The van der Waals surface area contributed by atoms with Crippen molar-refractivity contribution in [1.29, 1.82) is 0 Å². The normalized spacial score (nSPS) is 14.9. The summed E-state index contributed by atoms with van der Waals surface area (Å²) < 4.78 is 0. The van der Waals surface area contributed by atoms with Crippen molar-refractivity contribution in [2.45, 2.75) is 33.6 Å². The average Bonchev–Trinajstić information content (AvgIpc) is 2.44. The van der Waals surface area contributed by atoms with Gasteiger partial charge in [0, 0.05) is 6.42 Å². The second-order valence-electron chi connectivity index (χ2n) is 5.21. The Morgan fingerprint density at radius 3 is 1.50 bits per heavy atom. The predicted molar refractivity (Wildman–Crippen MR) is 81.9 cm³/mol. The number of carbonyl (C=O) groups is 3. The zero-order valence-electron chi connectivity index (χ0n) is 13.0. The van der Waals surface area contributed by atoms with Gasteiger partial charge in [0.05, 0.1) is 0 Å². The van der Waals surface area contributed by atoms with Crippen molar-refractivity contribution >= 4 is 17.8 Å². The fraction of sp³-hybridized carbons (Fsp3) is 0.545. The smallest absolute Gasteiger partial charge is 0.295 e. The first kappa shape index (κ1) is 22.1. The van der Waals surface area contributed by atoms with Crippen molar-refractivity contribution in [2.75, 3.05) is 0 Å². The number of rotatable bonds is 0. The Morgan fingerprint density at radius 2 is 1.32 bits per heavy atom. The van der Waals surface area contributed by atoms with E-state index in [4.69, 9.17) is 0 Å². The number of carbonyl (C=O) groups excluding carboxylic acids is 3. The molecule has 0 radical (unpaired) electrons. The van der Waals surface area contributed by atoms with Gasteiger partial charge in [0.15, 0.2) is 5.78 Å². The zero-order chi connectivity index (χ0) is 17.8. The molecule has 12 N–H and O–H groups in total. The molecule has 0 unspecified atom stereocenters. The Bertz CT molecular complexity index is 380. The van der Waals surface area contributed by atoms with Crippen LogP contribution < -0.4 is 45.1 Å². The largest absolute Gasteiger partial charge is 0.343 e. The lowest BCUT2D eigenvalue weighted by molar-refractivity contribution is -0.117. The molecular weight excluding hydrogens is 292 g/mol. The van der Waals surface area contributed by atoms with Crippen LogP contribution in [-0.4, -0.2) is 17.8 Å². The fourth-order valence-electron chi connectivity index (χ4n) is 1.75. The molecule has 11 nitrogen and oxygen atoms in total. The van der Waals surface area contributed by atoms with E-state index >= 15 is 0 Å². The quantitative estimate of drug-likeness (QED) is 0.149. The number of hydrogen-bond acceptors (Lipinski definition) is 7. The van der Waals surface area contributed by atoms with E-state index in [2.05, 4.69) is 37.2 Å². The highest BCUT2D eigenvalue weighted by Gasteiger charge is 2.25. The first-order valence-corrected chi connectivity index (χ1v) is 6.26. The van der Waals surface area contributed by atoms with Crippen LogP contribution in [0.25, 0.3) is 0 Å². The fourth-order valence-corrected chi connectivity index (χ4v) is 1.75. The van der Waals surface area contributed by atoms with Crippen LogP contribution in [0.5, 0.6) is 0 Å². The van der Waals surface area contributed by atoms with Gasteiger partial charge < -0.3 is 0 Å². The van der Waals surface area contributed by atoms with E-state index in [1.807, 2.05) is 6.92 Å². The van der Waals surface area contributed by atoms with Crippen LogP contribution in [0.4, 0.5) is 9.59 Å². The molecule has 0 aromatic heterocycles. The van der Waals surface area contributed by atoms with Crippen LogP contribution in [0.15, 0.2) is 11.6 Å². The molecule has 22 heavy (non-hydrogen) atoms. The van der Waals surface area contributed by atoms with E-state index in [1.165, 1.54) is 5.57 Å². The third-order valence-electron chi connectivity index (χ3n) is 2.34. The molecular formula is C11H26N8O3. The SMILES string of the molecule is CC1=CC(=O)CC(C)(C)C1.NNC(=O)NN.NNC(=O)NN. The van der Waals surface area contributed by atoms with Crippen LogP contribution in [-0.2, 0) is 4.79 Å². The van der Waals surface area contributed by atoms with Crippen LogP contribution in [0, 0.1) is 5.41 Å². The Balaban J connectivity index is 0. The van der Waals surface area contributed by atoms with Crippen LogP contribution >= 0.6 is 0 Å². The molecule has 0 heterocycles. The Kier molecular flexibility index (Phi) is 11.5. The number of ketones is 1. The van der Waals surface area contributed by atoms with Gasteiger partial charge in [-0.1, -0.05) is 19.4 Å². The number of nitrogens with two attached hydrogens (primary N) is 4. The van der Waals surface area contributed by atoms with Gasteiger partial charge in [-0.15, -0.1) is 0 Å². The second-order valence-corrected chi connectivity index (χ2v) is 5.21. The van der Waals surface area contributed by atoms with Gasteiger partial charge in [-0.25, -0.2) is 33.0 Å². The maximum Gasteiger partial charge on any atom is 0.343 e. The van der Waals surface area contributed by atoms with Crippen molar-refractivity contribution in [2.24, 2.45) is 28.8 Å². The highest BCUT2D eigenvalue weighted by Crippen LogP contribution is 2.32. The van der Waals surface area contributed by atoms with Gasteiger partial charge in [-0.3, -0.25) is 26.5 Å². The lowest BCUT2D eigenvalue weighted by Crippen LogP contribution is -2.43. The molecule has 0 fully saturated rings. The van der Waals surface area contributed by atoms with Crippen molar-refractivity contribution < 1.29 is 14.4 Å². The molecule has 0 aromatic rings. The topological polar surface area (TPSA) is 203 Å². The molecule has 0 bridgehead atoms. The molecule has 0 aliphatic heterocycles. The van der Waals surface area contributed by atoms with Crippen molar-refractivity contribution in [3.8, 4) is 0 Å². The summed E-state index contributed by atoms with van der Waals surface area (Å²) in [7, 11) is 0. The summed E-state index contributed by atoms with van der Waals surface area (Å²) in [6.07, 6.45) is 3.55. The van der Waals surface area contributed by atoms with Gasteiger partial charge in [-0.05, 0) is 24.8 Å². The van der Waals surface area contributed by atoms with Gasteiger partial charge in [0.2, 0.25) is 0 Å². The molecule has 0 saturated carbocycles. The Hall–Kier alpha value is -2.21. The van der Waals surface area contributed by atoms with Gasteiger partial charge >= 0.3 is 12.1 Å². The van der Waals surface area contributed by atoms with E-state index in [0.29, 0.717) is 6.42 Å². The van der Waals surface area contributed by atoms with E-state index in [9.17, 15) is 14.4 Å². The Morgan fingerprint density at radius 1 is 0.955 bits per heavy atom. The molecule has 1 aliphatic carbocycles. The Labute approximate surface area is 129 Å². The van der Waals surface area contributed by atoms with E-state index in [1.54, 1.807) is 27.8 Å². The molecule has 11 heteroatoms. The van der Waals surface area contributed by atoms with Crippen LogP contribution in [0.1, 0.15) is 33.6 Å². The van der Waals surface area contributed by atoms with Crippen molar-refractivity contribution in [1.82, 2.24) is 21.7 Å². The number of allylic oxidation sites excluding steroid dienone is 2. The minimum atomic E-state index is -0.602. The standard InChI is InChI=1S/C9H14O.2CH6N4O/c1-7-4-8(10)6-9(2,3)5-7;2*2-4-1(6)5-3/h4H,5-6H2,1-3H3;2*2-3H2,(H2,4,5,6). The van der Waals surface area contributed by atoms with Crippen molar-refractivity contribution in [3.63, 3.8) is 0 Å². The average molecular weight is 318 g/mol. The molecule has 1 aliphatic rings. The predicted octanol–water partition coefficient (Wildman–Crippen LogP) is -1.61. The second kappa shape index (κ2) is 11.4. The number of hydrogen-bond donors (Lipinski definition) is 8. The minimum absolute atomic E-state index is 0.204. The summed E-state index contributed by atoms with van der Waals surface area (Å²) >= 11 is 0. The zero-order valence-corrected chi connectivity index (χ0v) is 13.0. The highest BCUT2D eigenvalue weighted by molar-refractivity contribution is 5.91. The maximum absolute atomic E-state index is 11.0. The molecule has 1 rings (SSSR count). The van der Waals surface area contributed by atoms with Gasteiger partial charge in [0.1, 0.15) is 0 Å². The summed E-state index contributed by atoms with van der Waals surface area (Å²) in [5.74, 6) is 18.4. The number of nitrogens with one attached hydrogen (secondary N) is 4. The maximum atomic E-state index is 11.0. The molecule has 0 aromatic carbocycles. The first-order valence-electron chi connectivity index (χ1n) is 6.26. The minimum Gasteiger partial charge on any atom is -0.295 e. The summed E-state index contributed by atoms with van der Waals surface area (Å²) in [6, 6.07) is -1.20. The van der Waals surface area contributed by atoms with Gasteiger partial charge in [-0.2, -0.15) is 0 Å². The third kappa shape index (κ3) is 12.8. The molecule has 128 valence electrons. The summed E-state index contributed by atoms with van der Waals surface area (Å²) in [6.45, 7) is 6.31. The molecule has 4 amide bonds. The lowest BCUT2D eigenvalue weighted by Gasteiger charge is -2.27. The van der Waals surface area contributed by atoms with Crippen LogP contribution in [0.3, 0.4) is 0 Å². The highest BCUT2D eigenvalue weighted by atomic mass is 16.2. The number of amides is 4. The molecule has 0 saturated heterocycles. The molecule has 0 atom stereocenters. The summed E-state index contributed by atoms with van der Waals surface area (Å²) in [5.41, 5.74) is 8.39. The van der Waals surface area contributed by atoms with Gasteiger partial charge in [0.25, 0.3) is 0 Å². The number of urea groups is 2.